The lowest BCUT2D eigenvalue weighted by Gasteiger charge is -2.12. The number of aliphatic imine (C=N–C) groups is 1. The standard InChI is InChI=1S/C16H26N4O.HI/c1-2-3-9-19-16(17)20-12-13-8-10-18-15(11-13)21-14-6-4-5-7-14;/h8,10-11,14H,2-7,9,12H2,1H3,(H3,17,19,20);1H. The van der Waals surface area contributed by atoms with Gasteiger partial charge in [-0.25, -0.2) is 9.98 Å². The van der Waals surface area contributed by atoms with Crippen LogP contribution >= 0.6 is 24.0 Å². The van der Waals surface area contributed by atoms with Gasteiger partial charge in [0.25, 0.3) is 0 Å². The maximum atomic E-state index is 5.90. The van der Waals surface area contributed by atoms with Gasteiger partial charge in [-0.2, -0.15) is 0 Å². The first-order valence-electron chi connectivity index (χ1n) is 7.93. The largest absolute Gasteiger partial charge is 0.474 e. The molecular formula is C16H27IN4O. The summed E-state index contributed by atoms with van der Waals surface area (Å²) in [6.45, 7) is 3.57. The second kappa shape index (κ2) is 10.6. The highest BCUT2D eigenvalue weighted by Gasteiger charge is 2.16. The average Bonchev–Trinajstić information content (AvgIpc) is 2.99. The molecule has 5 nitrogen and oxygen atoms in total. The van der Waals surface area contributed by atoms with E-state index in [-0.39, 0.29) is 24.0 Å². The van der Waals surface area contributed by atoms with Crippen LogP contribution in [0.5, 0.6) is 5.88 Å². The second-order valence-electron chi connectivity index (χ2n) is 5.51. The lowest BCUT2D eigenvalue weighted by molar-refractivity contribution is 0.201. The minimum atomic E-state index is 0. The molecule has 1 aliphatic rings. The Labute approximate surface area is 150 Å². The van der Waals surface area contributed by atoms with Crippen molar-refractivity contribution in [1.29, 1.82) is 0 Å². The van der Waals surface area contributed by atoms with Crippen LogP contribution in [0.1, 0.15) is 51.0 Å². The molecule has 1 fully saturated rings. The van der Waals surface area contributed by atoms with Gasteiger partial charge < -0.3 is 15.8 Å². The maximum absolute atomic E-state index is 5.90. The first-order valence-corrected chi connectivity index (χ1v) is 7.93. The summed E-state index contributed by atoms with van der Waals surface area (Å²) in [5.74, 6) is 1.20. The van der Waals surface area contributed by atoms with Gasteiger partial charge in [0.2, 0.25) is 5.88 Å². The van der Waals surface area contributed by atoms with E-state index in [4.69, 9.17) is 10.5 Å². The fourth-order valence-electron chi connectivity index (χ4n) is 2.42. The molecule has 1 aromatic rings. The summed E-state index contributed by atoms with van der Waals surface area (Å²) in [6, 6.07) is 3.91. The molecule has 0 aliphatic heterocycles. The van der Waals surface area contributed by atoms with Crippen molar-refractivity contribution < 1.29 is 4.74 Å². The smallest absolute Gasteiger partial charge is 0.213 e. The lowest BCUT2D eigenvalue weighted by Crippen LogP contribution is -2.32. The van der Waals surface area contributed by atoms with Crippen molar-refractivity contribution in [2.45, 2.75) is 58.1 Å². The Morgan fingerprint density at radius 1 is 1.45 bits per heavy atom. The molecule has 22 heavy (non-hydrogen) atoms. The Hall–Kier alpha value is -1.05. The van der Waals surface area contributed by atoms with Gasteiger partial charge in [0.15, 0.2) is 5.96 Å². The van der Waals surface area contributed by atoms with E-state index >= 15 is 0 Å². The number of nitrogens with two attached hydrogens (primary N) is 1. The number of unbranched alkanes of at least 4 members (excludes halogenated alkanes) is 1. The molecule has 1 heterocycles. The first-order chi connectivity index (χ1) is 10.3. The zero-order valence-electron chi connectivity index (χ0n) is 13.3. The van der Waals surface area contributed by atoms with Crippen molar-refractivity contribution in [1.82, 2.24) is 10.3 Å². The summed E-state index contributed by atoms with van der Waals surface area (Å²) in [4.78, 5) is 8.61. The van der Waals surface area contributed by atoms with E-state index < -0.39 is 0 Å². The number of halogens is 1. The summed E-state index contributed by atoms with van der Waals surface area (Å²) in [5, 5.41) is 3.11. The number of nitrogens with zero attached hydrogens (tertiary/aromatic N) is 2. The van der Waals surface area contributed by atoms with Crippen LogP contribution in [-0.2, 0) is 6.54 Å². The van der Waals surface area contributed by atoms with Gasteiger partial charge in [0.1, 0.15) is 6.10 Å². The molecule has 1 aliphatic carbocycles. The number of hydrogen-bond acceptors (Lipinski definition) is 3. The van der Waals surface area contributed by atoms with Gasteiger partial charge in [-0.3, -0.25) is 0 Å². The van der Waals surface area contributed by atoms with Crippen molar-refractivity contribution in [3.05, 3.63) is 23.9 Å². The molecule has 0 unspecified atom stereocenters. The molecule has 0 spiro atoms. The van der Waals surface area contributed by atoms with Gasteiger partial charge in [0, 0.05) is 18.8 Å². The van der Waals surface area contributed by atoms with Gasteiger partial charge in [0.05, 0.1) is 6.54 Å². The summed E-state index contributed by atoms with van der Waals surface area (Å²) in [5.41, 5.74) is 6.89. The predicted molar refractivity (Wildman–Crippen MR) is 101 cm³/mol. The number of pyridine rings is 1. The third kappa shape index (κ3) is 6.81. The van der Waals surface area contributed by atoms with E-state index in [1.807, 2.05) is 12.1 Å². The molecule has 1 saturated carbocycles. The van der Waals surface area contributed by atoms with Crippen LogP contribution < -0.4 is 15.8 Å². The first kappa shape index (κ1) is 19.0. The molecular weight excluding hydrogens is 391 g/mol. The molecule has 124 valence electrons. The Balaban J connectivity index is 0.00000242. The Morgan fingerprint density at radius 2 is 2.23 bits per heavy atom. The zero-order valence-corrected chi connectivity index (χ0v) is 15.6. The third-order valence-corrected chi connectivity index (χ3v) is 3.66. The van der Waals surface area contributed by atoms with Crippen LogP contribution in [-0.4, -0.2) is 23.6 Å². The number of ether oxygens (including phenoxy) is 1. The normalized spacial score (nSPS) is 15.4. The maximum Gasteiger partial charge on any atom is 0.213 e. The Kier molecular flexibility index (Phi) is 9.19. The van der Waals surface area contributed by atoms with Crippen LogP contribution in [0.15, 0.2) is 23.3 Å². The second-order valence-corrected chi connectivity index (χ2v) is 5.51. The molecule has 0 bridgehead atoms. The van der Waals surface area contributed by atoms with Crippen molar-refractivity contribution in [3.63, 3.8) is 0 Å². The van der Waals surface area contributed by atoms with Gasteiger partial charge in [-0.05, 0) is 43.7 Å². The number of rotatable bonds is 7. The van der Waals surface area contributed by atoms with E-state index in [2.05, 4.69) is 22.2 Å². The quantitative estimate of drug-likeness (QED) is 0.309. The van der Waals surface area contributed by atoms with E-state index in [1.165, 1.54) is 12.8 Å². The van der Waals surface area contributed by atoms with Crippen LogP contribution in [0.4, 0.5) is 0 Å². The number of guanidine groups is 1. The summed E-state index contributed by atoms with van der Waals surface area (Å²) < 4.78 is 5.90. The van der Waals surface area contributed by atoms with Crippen LogP contribution in [0, 0.1) is 0 Å². The monoisotopic (exact) mass is 418 g/mol. The SMILES string of the molecule is CCCCNC(N)=NCc1ccnc(OC2CCCC2)c1.I. The van der Waals surface area contributed by atoms with Gasteiger partial charge >= 0.3 is 0 Å². The lowest BCUT2D eigenvalue weighted by atomic mass is 10.2. The van der Waals surface area contributed by atoms with Gasteiger partial charge in [-0.15, -0.1) is 24.0 Å². The summed E-state index contributed by atoms with van der Waals surface area (Å²) in [7, 11) is 0. The summed E-state index contributed by atoms with van der Waals surface area (Å²) >= 11 is 0. The highest BCUT2D eigenvalue weighted by molar-refractivity contribution is 14.0. The van der Waals surface area contributed by atoms with Crippen LogP contribution in [0.2, 0.25) is 0 Å². The molecule has 0 saturated heterocycles. The molecule has 0 radical (unpaired) electrons. The summed E-state index contributed by atoms with van der Waals surface area (Å²) in [6.07, 6.45) is 9.14. The predicted octanol–water partition coefficient (Wildman–Crippen LogP) is 3.23. The number of aromatic nitrogens is 1. The van der Waals surface area contributed by atoms with Crippen molar-refractivity contribution >= 4 is 29.9 Å². The highest BCUT2D eigenvalue weighted by atomic mass is 127. The molecule has 0 amide bonds. The van der Waals surface area contributed by atoms with Crippen molar-refractivity contribution in [2.24, 2.45) is 10.7 Å². The molecule has 1 aromatic heterocycles. The minimum Gasteiger partial charge on any atom is -0.474 e. The van der Waals surface area contributed by atoms with Gasteiger partial charge in [-0.1, -0.05) is 13.3 Å². The van der Waals surface area contributed by atoms with Crippen molar-refractivity contribution in [2.75, 3.05) is 6.54 Å². The topological polar surface area (TPSA) is 72.5 Å². The van der Waals surface area contributed by atoms with E-state index in [0.717, 1.165) is 37.8 Å². The molecule has 2 rings (SSSR count). The Bertz CT molecular complexity index is 461. The fourth-order valence-corrected chi connectivity index (χ4v) is 2.42. The van der Waals surface area contributed by atoms with E-state index in [9.17, 15) is 0 Å². The highest BCUT2D eigenvalue weighted by Crippen LogP contribution is 2.23. The van der Waals surface area contributed by atoms with Crippen LogP contribution in [0.25, 0.3) is 0 Å². The van der Waals surface area contributed by atoms with Crippen molar-refractivity contribution in [3.8, 4) is 5.88 Å². The number of hydrogen-bond donors (Lipinski definition) is 2. The van der Waals surface area contributed by atoms with Crippen LogP contribution in [0.3, 0.4) is 0 Å². The fraction of sp³-hybridized carbons (Fsp3) is 0.625. The Morgan fingerprint density at radius 3 is 2.95 bits per heavy atom. The molecule has 0 aromatic carbocycles. The minimum absolute atomic E-state index is 0. The molecule has 6 heteroatoms. The van der Waals surface area contributed by atoms with E-state index in [0.29, 0.717) is 24.5 Å². The zero-order chi connectivity index (χ0) is 14.9. The molecule has 0 atom stereocenters. The molecule has 3 N–H and O–H groups in total. The third-order valence-electron chi connectivity index (χ3n) is 3.66. The number of nitrogens with one attached hydrogen (secondary N) is 1. The average molecular weight is 418 g/mol. The van der Waals surface area contributed by atoms with E-state index in [1.54, 1.807) is 6.20 Å².